The van der Waals surface area contributed by atoms with E-state index in [0.29, 0.717) is 5.56 Å². The number of para-hydroxylation sites is 1. The summed E-state index contributed by atoms with van der Waals surface area (Å²) in [5.41, 5.74) is 2.29. The number of pyridine rings is 1. The minimum Gasteiger partial charge on any atom is -0.475 e. The number of carboxylic acid groups (broad SMARTS) is 1. The molecule has 0 aliphatic carbocycles. The van der Waals surface area contributed by atoms with Crippen LogP contribution in [0.2, 0.25) is 5.15 Å². The first-order valence-electron chi connectivity index (χ1n) is 5.50. The lowest BCUT2D eigenvalue weighted by molar-refractivity contribution is -0.146. The Hall–Kier alpha value is -2.20. The average molecular weight is 276 g/mol. The molecular formula is C14H10ClNO3. The number of nitrogens with zero attached hydrogens (tertiary/aromatic N) is 1. The third-order valence-electron chi connectivity index (χ3n) is 2.65. The maximum Gasteiger partial charge on any atom is 0.376 e. The first-order chi connectivity index (χ1) is 8.99. The fourth-order valence-electron chi connectivity index (χ4n) is 1.69. The summed E-state index contributed by atoms with van der Waals surface area (Å²) in [7, 11) is 0. The van der Waals surface area contributed by atoms with Crippen molar-refractivity contribution in [2.45, 2.75) is 6.92 Å². The van der Waals surface area contributed by atoms with Crippen LogP contribution in [-0.2, 0) is 9.59 Å². The van der Waals surface area contributed by atoms with E-state index in [-0.39, 0.29) is 5.15 Å². The van der Waals surface area contributed by atoms with Crippen LogP contribution < -0.4 is 0 Å². The van der Waals surface area contributed by atoms with Crippen LogP contribution in [0.5, 0.6) is 0 Å². The second kappa shape index (κ2) is 5.20. The largest absolute Gasteiger partial charge is 0.475 e. The van der Waals surface area contributed by atoms with Gasteiger partial charge < -0.3 is 5.11 Å². The summed E-state index contributed by atoms with van der Waals surface area (Å²) in [4.78, 5) is 25.7. The number of aromatic nitrogens is 1. The smallest absolute Gasteiger partial charge is 0.376 e. The van der Waals surface area contributed by atoms with Crippen molar-refractivity contribution < 1.29 is 14.7 Å². The molecule has 0 spiro atoms. The summed E-state index contributed by atoms with van der Waals surface area (Å²) >= 11 is 6.02. The quantitative estimate of drug-likeness (QED) is 0.531. The van der Waals surface area contributed by atoms with Gasteiger partial charge >= 0.3 is 5.97 Å². The molecule has 5 heteroatoms. The molecule has 2 aromatic rings. The van der Waals surface area contributed by atoms with Gasteiger partial charge in [0.2, 0.25) is 0 Å². The number of halogens is 1. The van der Waals surface area contributed by atoms with Crippen LogP contribution in [0.3, 0.4) is 0 Å². The van der Waals surface area contributed by atoms with Crippen molar-refractivity contribution in [1.29, 1.82) is 0 Å². The molecule has 0 bridgehead atoms. The number of rotatable bonds is 3. The standard InChI is InChI=1S/C14H10ClNO3/c1-8-3-2-4-9-7-10(13(15)16-12(8)9)5-6-11(17)14(18)19/h2-7H,1H3,(H,18,19)/b6-5+. The minimum atomic E-state index is -1.50. The van der Waals surface area contributed by atoms with E-state index in [0.717, 1.165) is 22.5 Å². The van der Waals surface area contributed by atoms with Gasteiger partial charge in [-0.2, -0.15) is 0 Å². The van der Waals surface area contributed by atoms with Crippen molar-refractivity contribution in [1.82, 2.24) is 4.98 Å². The van der Waals surface area contributed by atoms with Crippen molar-refractivity contribution in [2.75, 3.05) is 0 Å². The van der Waals surface area contributed by atoms with Gasteiger partial charge in [0, 0.05) is 10.9 Å². The molecule has 96 valence electrons. The van der Waals surface area contributed by atoms with Crippen LogP contribution in [0.1, 0.15) is 11.1 Å². The number of hydrogen-bond acceptors (Lipinski definition) is 3. The fourth-order valence-corrected chi connectivity index (χ4v) is 1.90. The summed E-state index contributed by atoms with van der Waals surface area (Å²) < 4.78 is 0. The van der Waals surface area contributed by atoms with E-state index in [4.69, 9.17) is 16.7 Å². The molecule has 0 aliphatic rings. The zero-order valence-electron chi connectivity index (χ0n) is 10.1. The highest BCUT2D eigenvalue weighted by atomic mass is 35.5. The van der Waals surface area contributed by atoms with E-state index in [1.165, 1.54) is 6.08 Å². The van der Waals surface area contributed by atoms with Gasteiger partial charge in [0.15, 0.2) is 0 Å². The van der Waals surface area contributed by atoms with Crippen LogP contribution in [0.25, 0.3) is 17.0 Å². The van der Waals surface area contributed by atoms with Crippen LogP contribution in [0.15, 0.2) is 30.3 Å². The zero-order chi connectivity index (χ0) is 14.0. The third-order valence-corrected chi connectivity index (χ3v) is 2.96. The maximum absolute atomic E-state index is 11.0. The van der Waals surface area contributed by atoms with Crippen molar-refractivity contribution in [2.24, 2.45) is 0 Å². The summed E-state index contributed by atoms with van der Waals surface area (Å²) in [6.07, 6.45) is 2.32. The molecule has 1 aromatic heterocycles. The topological polar surface area (TPSA) is 67.3 Å². The molecule has 1 heterocycles. The summed E-state index contributed by atoms with van der Waals surface area (Å²) in [6.45, 7) is 1.93. The Morgan fingerprint density at radius 2 is 2.11 bits per heavy atom. The van der Waals surface area contributed by atoms with Crippen molar-refractivity contribution in [3.05, 3.63) is 46.6 Å². The molecule has 0 radical (unpaired) electrons. The van der Waals surface area contributed by atoms with Gasteiger partial charge in [-0.15, -0.1) is 0 Å². The average Bonchev–Trinajstić information content (AvgIpc) is 2.37. The molecule has 0 saturated carbocycles. The van der Waals surface area contributed by atoms with Gasteiger partial charge in [-0.25, -0.2) is 9.78 Å². The van der Waals surface area contributed by atoms with Gasteiger partial charge in [-0.1, -0.05) is 29.8 Å². The Morgan fingerprint density at radius 3 is 2.79 bits per heavy atom. The Bertz CT molecular complexity index is 707. The lowest BCUT2D eigenvalue weighted by atomic mass is 10.1. The molecule has 19 heavy (non-hydrogen) atoms. The predicted octanol–water partition coefficient (Wildman–Crippen LogP) is 2.86. The minimum absolute atomic E-state index is 0.233. The van der Waals surface area contributed by atoms with E-state index in [1.807, 2.05) is 25.1 Å². The van der Waals surface area contributed by atoms with Crippen LogP contribution in [-0.4, -0.2) is 21.8 Å². The molecule has 0 saturated heterocycles. The fraction of sp³-hybridized carbons (Fsp3) is 0.0714. The molecule has 0 amide bonds. The molecule has 0 unspecified atom stereocenters. The van der Waals surface area contributed by atoms with E-state index in [9.17, 15) is 9.59 Å². The molecule has 1 aromatic carbocycles. The lowest BCUT2D eigenvalue weighted by Crippen LogP contribution is -2.08. The maximum atomic E-state index is 11.0. The van der Waals surface area contributed by atoms with Gasteiger partial charge in [-0.3, -0.25) is 4.79 Å². The Morgan fingerprint density at radius 1 is 1.37 bits per heavy atom. The van der Waals surface area contributed by atoms with E-state index >= 15 is 0 Å². The SMILES string of the molecule is Cc1cccc2cc(/C=C/C(=O)C(=O)O)c(Cl)nc12. The van der Waals surface area contributed by atoms with Crippen molar-refractivity contribution in [3.8, 4) is 0 Å². The molecule has 4 nitrogen and oxygen atoms in total. The number of aliphatic carboxylic acids is 1. The monoisotopic (exact) mass is 275 g/mol. The molecule has 2 rings (SSSR count). The van der Waals surface area contributed by atoms with Gasteiger partial charge in [-0.05, 0) is 30.7 Å². The second-order valence-corrected chi connectivity index (χ2v) is 4.38. The predicted molar refractivity (Wildman–Crippen MR) is 73.2 cm³/mol. The number of carbonyl (C=O) groups is 2. The van der Waals surface area contributed by atoms with Gasteiger partial charge in [0.05, 0.1) is 5.52 Å². The number of aryl methyl sites for hydroxylation is 1. The van der Waals surface area contributed by atoms with Crippen LogP contribution in [0.4, 0.5) is 0 Å². The Balaban J connectivity index is 2.48. The van der Waals surface area contributed by atoms with Crippen molar-refractivity contribution >= 4 is 40.3 Å². The normalized spacial score (nSPS) is 11.1. The number of hydrogen-bond donors (Lipinski definition) is 1. The summed E-state index contributed by atoms with van der Waals surface area (Å²) in [5, 5.41) is 9.60. The molecule has 0 aliphatic heterocycles. The number of ketones is 1. The molecular weight excluding hydrogens is 266 g/mol. The lowest BCUT2D eigenvalue weighted by Gasteiger charge is -2.04. The first kappa shape index (κ1) is 13.2. The number of benzene rings is 1. The van der Waals surface area contributed by atoms with E-state index in [2.05, 4.69) is 4.98 Å². The molecule has 0 fully saturated rings. The number of fused-ring (bicyclic) bond motifs is 1. The van der Waals surface area contributed by atoms with Gasteiger partial charge in [0.1, 0.15) is 5.15 Å². The highest BCUT2D eigenvalue weighted by Crippen LogP contribution is 2.23. The third kappa shape index (κ3) is 2.80. The summed E-state index contributed by atoms with van der Waals surface area (Å²) in [6, 6.07) is 7.46. The molecule has 1 N–H and O–H groups in total. The number of carbonyl (C=O) groups excluding carboxylic acids is 1. The van der Waals surface area contributed by atoms with Crippen LogP contribution >= 0.6 is 11.6 Å². The highest BCUT2D eigenvalue weighted by Gasteiger charge is 2.08. The Kier molecular flexibility index (Phi) is 3.62. The van der Waals surface area contributed by atoms with Gasteiger partial charge in [0.25, 0.3) is 5.78 Å². The second-order valence-electron chi connectivity index (χ2n) is 4.02. The highest BCUT2D eigenvalue weighted by molar-refractivity contribution is 6.38. The Labute approximate surface area is 114 Å². The first-order valence-corrected chi connectivity index (χ1v) is 5.88. The zero-order valence-corrected chi connectivity index (χ0v) is 10.8. The number of carboxylic acids is 1. The molecule has 0 atom stereocenters. The summed E-state index contributed by atoms with van der Waals surface area (Å²) in [5.74, 6) is -2.50. The van der Waals surface area contributed by atoms with Crippen LogP contribution in [0, 0.1) is 6.92 Å². The van der Waals surface area contributed by atoms with E-state index < -0.39 is 11.8 Å². The van der Waals surface area contributed by atoms with Crippen molar-refractivity contribution in [3.63, 3.8) is 0 Å². The van der Waals surface area contributed by atoms with E-state index in [1.54, 1.807) is 6.07 Å².